The summed E-state index contributed by atoms with van der Waals surface area (Å²) in [6.45, 7) is 1.89. The number of benzene rings is 1. The van der Waals surface area contributed by atoms with Gasteiger partial charge in [-0.15, -0.1) is 0 Å². The first-order valence-corrected chi connectivity index (χ1v) is 5.67. The lowest BCUT2D eigenvalue weighted by atomic mass is 9.63. The zero-order chi connectivity index (χ0) is 11.8. The SMILES string of the molecule is Cc1cccc(C(F)(F)C2(CN)CCC2)c1. The second kappa shape index (κ2) is 3.81. The van der Waals surface area contributed by atoms with Crippen molar-refractivity contribution < 1.29 is 8.78 Å². The second-order valence-electron chi connectivity index (χ2n) is 4.78. The molecule has 0 unspecified atom stereocenters. The maximum atomic E-state index is 14.4. The first-order valence-electron chi connectivity index (χ1n) is 5.67. The van der Waals surface area contributed by atoms with Crippen LogP contribution >= 0.6 is 0 Å². The summed E-state index contributed by atoms with van der Waals surface area (Å²) in [6, 6.07) is 6.58. The fourth-order valence-corrected chi connectivity index (χ4v) is 2.40. The highest BCUT2D eigenvalue weighted by molar-refractivity contribution is 5.28. The van der Waals surface area contributed by atoms with E-state index in [2.05, 4.69) is 0 Å². The van der Waals surface area contributed by atoms with Crippen LogP contribution in [0, 0.1) is 12.3 Å². The molecule has 0 heterocycles. The monoisotopic (exact) mass is 225 g/mol. The van der Waals surface area contributed by atoms with E-state index in [1.54, 1.807) is 12.1 Å². The quantitative estimate of drug-likeness (QED) is 0.839. The summed E-state index contributed by atoms with van der Waals surface area (Å²) in [5.74, 6) is -2.80. The fraction of sp³-hybridized carbons (Fsp3) is 0.538. The lowest BCUT2D eigenvalue weighted by molar-refractivity contribution is -0.164. The summed E-state index contributed by atoms with van der Waals surface area (Å²) >= 11 is 0. The van der Waals surface area contributed by atoms with Crippen LogP contribution < -0.4 is 5.73 Å². The van der Waals surface area contributed by atoms with Crippen molar-refractivity contribution in [1.29, 1.82) is 0 Å². The molecule has 0 bridgehead atoms. The van der Waals surface area contributed by atoms with E-state index in [4.69, 9.17) is 5.73 Å². The molecule has 0 aliphatic heterocycles. The molecule has 2 N–H and O–H groups in total. The van der Waals surface area contributed by atoms with Gasteiger partial charge < -0.3 is 5.73 Å². The van der Waals surface area contributed by atoms with Crippen LogP contribution in [0.2, 0.25) is 0 Å². The van der Waals surface area contributed by atoms with Crippen molar-refractivity contribution in [2.45, 2.75) is 32.1 Å². The van der Waals surface area contributed by atoms with Crippen molar-refractivity contribution in [3.8, 4) is 0 Å². The number of rotatable bonds is 3. The Hall–Kier alpha value is -0.960. The van der Waals surface area contributed by atoms with E-state index in [1.165, 1.54) is 6.07 Å². The molecule has 1 aromatic rings. The van der Waals surface area contributed by atoms with Crippen molar-refractivity contribution in [2.24, 2.45) is 11.1 Å². The van der Waals surface area contributed by atoms with Gasteiger partial charge in [0.25, 0.3) is 5.92 Å². The predicted molar refractivity (Wildman–Crippen MR) is 60.4 cm³/mol. The highest BCUT2D eigenvalue weighted by Crippen LogP contribution is 2.56. The van der Waals surface area contributed by atoms with Gasteiger partial charge in [-0.25, -0.2) is 8.78 Å². The molecule has 16 heavy (non-hydrogen) atoms. The molecule has 0 saturated heterocycles. The topological polar surface area (TPSA) is 26.0 Å². The molecular formula is C13H17F2N. The normalized spacial score (nSPS) is 19.2. The van der Waals surface area contributed by atoms with Gasteiger partial charge >= 0.3 is 0 Å². The lowest BCUT2D eigenvalue weighted by Crippen LogP contribution is -2.49. The summed E-state index contributed by atoms with van der Waals surface area (Å²) in [7, 11) is 0. The molecule has 2 rings (SSSR count). The summed E-state index contributed by atoms with van der Waals surface area (Å²) in [6.07, 6.45) is 1.92. The number of nitrogens with two attached hydrogens (primary N) is 1. The molecular weight excluding hydrogens is 208 g/mol. The minimum Gasteiger partial charge on any atom is -0.330 e. The molecule has 0 radical (unpaired) electrons. The standard InChI is InChI=1S/C13H17F2N/c1-10-4-2-5-11(8-10)13(14,15)12(9-16)6-3-7-12/h2,4-5,8H,3,6-7,9,16H2,1H3. The Balaban J connectivity index is 2.37. The van der Waals surface area contributed by atoms with Crippen molar-refractivity contribution >= 4 is 0 Å². The molecule has 0 aromatic heterocycles. The maximum absolute atomic E-state index is 14.4. The van der Waals surface area contributed by atoms with Gasteiger partial charge in [0.2, 0.25) is 0 Å². The Morgan fingerprint density at radius 2 is 2.06 bits per heavy atom. The van der Waals surface area contributed by atoms with Crippen LogP contribution in [0.3, 0.4) is 0 Å². The van der Waals surface area contributed by atoms with Gasteiger partial charge in [0, 0.05) is 12.1 Å². The highest BCUT2D eigenvalue weighted by Gasteiger charge is 2.56. The van der Waals surface area contributed by atoms with Crippen molar-refractivity contribution in [1.82, 2.24) is 0 Å². The average molecular weight is 225 g/mol. The van der Waals surface area contributed by atoms with Gasteiger partial charge in [0.1, 0.15) is 0 Å². The first kappa shape index (κ1) is 11.5. The Labute approximate surface area is 94.7 Å². The van der Waals surface area contributed by atoms with E-state index < -0.39 is 11.3 Å². The molecule has 0 atom stereocenters. The average Bonchev–Trinajstić information content (AvgIpc) is 2.16. The number of hydrogen-bond donors (Lipinski definition) is 1. The lowest BCUT2D eigenvalue weighted by Gasteiger charge is -2.46. The number of aryl methyl sites for hydroxylation is 1. The van der Waals surface area contributed by atoms with Crippen LogP contribution in [-0.4, -0.2) is 6.54 Å². The summed E-state index contributed by atoms with van der Waals surface area (Å²) in [5.41, 5.74) is 5.52. The van der Waals surface area contributed by atoms with Crippen molar-refractivity contribution in [2.75, 3.05) is 6.54 Å². The molecule has 1 saturated carbocycles. The van der Waals surface area contributed by atoms with Gasteiger partial charge in [0.05, 0.1) is 5.41 Å². The minimum absolute atomic E-state index is 0.0634. The van der Waals surface area contributed by atoms with Crippen LogP contribution in [0.1, 0.15) is 30.4 Å². The van der Waals surface area contributed by atoms with Crippen LogP contribution in [0.5, 0.6) is 0 Å². The van der Waals surface area contributed by atoms with E-state index in [-0.39, 0.29) is 12.1 Å². The zero-order valence-electron chi connectivity index (χ0n) is 9.47. The van der Waals surface area contributed by atoms with Gasteiger partial charge in [-0.1, -0.05) is 36.2 Å². The number of alkyl halides is 2. The van der Waals surface area contributed by atoms with Gasteiger partial charge in [0.15, 0.2) is 0 Å². The smallest absolute Gasteiger partial charge is 0.279 e. The van der Waals surface area contributed by atoms with Crippen LogP contribution in [-0.2, 0) is 5.92 Å². The second-order valence-corrected chi connectivity index (χ2v) is 4.78. The molecule has 0 amide bonds. The first-order chi connectivity index (χ1) is 7.52. The summed E-state index contributed by atoms with van der Waals surface area (Å²) in [4.78, 5) is 0. The van der Waals surface area contributed by atoms with Crippen LogP contribution in [0.25, 0.3) is 0 Å². The van der Waals surface area contributed by atoms with Crippen molar-refractivity contribution in [3.05, 3.63) is 35.4 Å². The fourth-order valence-electron chi connectivity index (χ4n) is 2.40. The molecule has 1 aromatic carbocycles. The molecule has 1 aliphatic carbocycles. The third-order valence-corrected chi connectivity index (χ3v) is 3.75. The molecule has 1 fully saturated rings. The minimum atomic E-state index is -2.80. The number of hydrogen-bond acceptors (Lipinski definition) is 1. The Kier molecular flexibility index (Phi) is 2.74. The summed E-state index contributed by atoms with van der Waals surface area (Å²) < 4.78 is 28.7. The molecule has 1 aliphatic rings. The van der Waals surface area contributed by atoms with E-state index in [0.717, 1.165) is 12.0 Å². The van der Waals surface area contributed by atoms with Gasteiger partial charge in [-0.05, 0) is 19.8 Å². The Bertz CT molecular complexity index is 378. The molecule has 3 heteroatoms. The van der Waals surface area contributed by atoms with E-state index in [1.807, 2.05) is 13.0 Å². The third-order valence-electron chi connectivity index (χ3n) is 3.75. The molecule has 88 valence electrons. The van der Waals surface area contributed by atoms with E-state index in [0.29, 0.717) is 12.8 Å². The van der Waals surface area contributed by atoms with Crippen LogP contribution in [0.4, 0.5) is 8.78 Å². The number of halogens is 2. The van der Waals surface area contributed by atoms with Gasteiger partial charge in [-0.2, -0.15) is 0 Å². The van der Waals surface area contributed by atoms with Crippen LogP contribution in [0.15, 0.2) is 24.3 Å². The van der Waals surface area contributed by atoms with E-state index >= 15 is 0 Å². The highest BCUT2D eigenvalue weighted by atomic mass is 19.3. The summed E-state index contributed by atoms with van der Waals surface area (Å²) in [5, 5.41) is 0. The zero-order valence-corrected chi connectivity index (χ0v) is 9.47. The third kappa shape index (κ3) is 1.54. The predicted octanol–water partition coefficient (Wildman–Crippen LogP) is 3.22. The largest absolute Gasteiger partial charge is 0.330 e. The van der Waals surface area contributed by atoms with Gasteiger partial charge in [-0.3, -0.25) is 0 Å². The Morgan fingerprint density at radius 1 is 1.38 bits per heavy atom. The molecule has 1 nitrogen and oxygen atoms in total. The maximum Gasteiger partial charge on any atom is 0.279 e. The van der Waals surface area contributed by atoms with E-state index in [9.17, 15) is 8.78 Å². The Morgan fingerprint density at radius 3 is 2.50 bits per heavy atom. The van der Waals surface area contributed by atoms with Crippen molar-refractivity contribution in [3.63, 3.8) is 0 Å². The molecule has 0 spiro atoms.